The number of amides is 2. The lowest BCUT2D eigenvalue weighted by Crippen LogP contribution is -2.37. The highest BCUT2D eigenvalue weighted by molar-refractivity contribution is 8.02. The van der Waals surface area contributed by atoms with Crippen LogP contribution < -0.4 is 15.5 Å². The summed E-state index contributed by atoms with van der Waals surface area (Å²) in [4.78, 5) is 28.7. The number of thioether (sulfide) groups is 1. The Kier molecular flexibility index (Phi) is 7.19. The molecule has 1 saturated heterocycles. The number of urea groups is 1. The average molecular weight is 513 g/mol. The molecular weight excluding hydrogens is 484 g/mol. The molecular formula is C24H28N6O3S2. The van der Waals surface area contributed by atoms with E-state index in [-0.39, 0.29) is 23.9 Å². The molecule has 3 aromatic rings. The molecule has 1 aliphatic carbocycles. The highest BCUT2D eigenvalue weighted by Crippen LogP contribution is 2.59. The van der Waals surface area contributed by atoms with Crippen molar-refractivity contribution in [2.24, 2.45) is 0 Å². The van der Waals surface area contributed by atoms with E-state index in [2.05, 4.69) is 32.0 Å². The lowest BCUT2D eigenvalue weighted by atomic mass is 10.1. The molecule has 184 valence electrons. The van der Waals surface area contributed by atoms with E-state index < -0.39 is 0 Å². The zero-order chi connectivity index (χ0) is 24.3. The number of morpholine rings is 1. The number of aliphatic hydroxyl groups is 1. The minimum absolute atomic E-state index is 0.0741. The van der Waals surface area contributed by atoms with Crippen molar-refractivity contribution in [3.8, 4) is 11.4 Å². The molecule has 0 radical (unpaired) electrons. The Hall–Kier alpha value is -2.73. The SMILES string of the molecule is Cc1csc(SC2(c3cc(N4CCOCC4)nc(-c4ccc(NC(=O)NCCO)cc4)n3)CC2)n1. The Bertz CT molecular complexity index is 1180. The molecule has 2 aliphatic rings. The van der Waals surface area contributed by atoms with Crippen molar-refractivity contribution >= 4 is 40.6 Å². The normalized spacial score (nSPS) is 16.7. The third-order valence-corrected chi connectivity index (χ3v) is 8.46. The van der Waals surface area contributed by atoms with Gasteiger partial charge in [-0.2, -0.15) is 0 Å². The first kappa shape index (κ1) is 24.0. The first-order valence-electron chi connectivity index (χ1n) is 11.6. The van der Waals surface area contributed by atoms with Crippen LogP contribution in [0.2, 0.25) is 0 Å². The molecule has 1 saturated carbocycles. The van der Waals surface area contributed by atoms with Crippen LogP contribution in [-0.2, 0) is 9.48 Å². The Morgan fingerprint density at radius 3 is 2.63 bits per heavy atom. The summed E-state index contributed by atoms with van der Waals surface area (Å²) < 4.78 is 6.55. The fourth-order valence-electron chi connectivity index (χ4n) is 3.87. The molecule has 2 fully saturated rings. The average Bonchev–Trinajstić information content (AvgIpc) is 3.56. The quantitative estimate of drug-likeness (QED) is 0.419. The van der Waals surface area contributed by atoms with E-state index in [1.54, 1.807) is 11.3 Å². The van der Waals surface area contributed by atoms with Gasteiger partial charge in [0.05, 0.1) is 30.3 Å². The molecule has 1 aliphatic heterocycles. The Morgan fingerprint density at radius 1 is 1.20 bits per heavy atom. The van der Waals surface area contributed by atoms with E-state index >= 15 is 0 Å². The molecule has 0 bridgehead atoms. The summed E-state index contributed by atoms with van der Waals surface area (Å²) in [6.45, 7) is 5.09. The van der Waals surface area contributed by atoms with Gasteiger partial charge >= 0.3 is 6.03 Å². The first-order valence-corrected chi connectivity index (χ1v) is 13.3. The van der Waals surface area contributed by atoms with Gasteiger partial charge in [-0.05, 0) is 44.0 Å². The standard InChI is InChI=1S/C24H28N6O3S2/c1-16-15-34-23(26-16)35-24(6-7-24)19-14-20(30-9-12-33-13-10-30)29-21(28-19)17-2-4-18(5-3-17)27-22(32)25-8-11-31/h2-5,14-15,31H,6-13H2,1H3,(H2,25,27,32). The lowest BCUT2D eigenvalue weighted by Gasteiger charge is -2.29. The summed E-state index contributed by atoms with van der Waals surface area (Å²) in [6.07, 6.45) is 2.11. The predicted octanol–water partition coefficient (Wildman–Crippen LogP) is 3.64. The summed E-state index contributed by atoms with van der Waals surface area (Å²) >= 11 is 3.49. The molecule has 2 aromatic heterocycles. The summed E-state index contributed by atoms with van der Waals surface area (Å²) in [7, 11) is 0. The maximum absolute atomic E-state index is 11.9. The van der Waals surface area contributed by atoms with E-state index in [4.69, 9.17) is 19.8 Å². The number of rotatable bonds is 8. The van der Waals surface area contributed by atoms with E-state index in [1.807, 2.05) is 43.0 Å². The van der Waals surface area contributed by atoms with Crippen LogP contribution in [0.25, 0.3) is 11.4 Å². The van der Waals surface area contributed by atoms with Gasteiger partial charge in [0.2, 0.25) is 0 Å². The van der Waals surface area contributed by atoms with Crippen molar-refractivity contribution < 1.29 is 14.6 Å². The topological polar surface area (TPSA) is 112 Å². The summed E-state index contributed by atoms with van der Waals surface area (Å²) in [6, 6.07) is 9.28. The van der Waals surface area contributed by atoms with E-state index in [0.29, 0.717) is 24.7 Å². The summed E-state index contributed by atoms with van der Waals surface area (Å²) in [5, 5.41) is 16.3. The molecule has 5 rings (SSSR count). The van der Waals surface area contributed by atoms with Crippen LogP contribution in [0, 0.1) is 6.92 Å². The summed E-state index contributed by atoms with van der Waals surface area (Å²) in [5.74, 6) is 1.59. The molecule has 0 unspecified atom stereocenters. The maximum Gasteiger partial charge on any atom is 0.319 e. The third-order valence-electron chi connectivity index (χ3n) is 5.90. The Labute approximate surface area is 212 Å². The van der Waals surface area contributed by atoms with Crippen molar-refractivity contribution in [2.45, 2.75) is 28.9 Å². The zero-order valence-corrected chi connectivity index (χ0v) is 21.1. The van der Waals surface area contributed by atoms with Gasteiger partial charge in [-0.25, -0.2) is 19.7 Å². The number of anilines is 2. The monoisotopic (exact) mass is 512 g/mol. The number of carbonyl (C=O) groups excluding carboxylic acids is 1. The second-order valence-electron chi connectivity index (χ2n) is 8.57. The van der Waals surface area contributed by atoms with Crippen LogP contribution >= 0.6 is 23.1 Å². The van der Waals surface area contributed by atoms with E-state index in [0.717, 1.165) is 53.0 Å². The number of hydrogen-bond acceptors (Lipinski definition) is 9. The number of hydrogen-bond donors (Lipinski definition) is 3. The molecule has 0 spiro atoms. The van der Waals surface area contributed by atoms with Crippen LogP contribution in [-0.4, -0.2) is 65.5 Å². The highest BCUT2D eigenvalue weighted by Gasteiger charge is 2.48. The second-order valence-corrected chi connectivity index (χ2v) is 11.1. The minimum Gasteiger partial charge on any atom is -0.395 e. The van der Waals surface area contributed by atoms with Crippen molar-refractivity contribution in [1.82, 2.24) is 20.3 Å². The van der Waals surface area contributed by atoms with Crippen molar-refractivity contribution in [3.05, 3.63) is 47.1 Å². The third kappa shape index (κ3) is 5.75. The van der Waals surface area contributed by atoms with Gasteiger partial charge in [0.1, 0.15) is 5.82 Å². The van der Waals surface area contributed by atoms with E-state index in [1.165, 1.54) is 0 Å². The number of thiazole rings is 1. The molecule has 11 heteroatoms. The minimum atomic E-state index is -0.357. The number of nitrogens with one attached hydrogen (secondary N) is 2. The molecule has 0 atom stereocenters. The van der Waals surface area contributed by atoms with E-state index in [9.17, 15) is 4.79 Å². The van der Waals surface area contributed by atoms with Crippen molar-refractivity contribution in [3.63, 3.8) is 0 Å². The number of nitrogens with zero attached hydrogens (tertiary/aromatic N) is 4. The molecule has 35 heavy (non-hydrogen) atoms. The zero-order valence-electron chi connectivity index (χ0n) is 19.5. The second kappa shape index (κ2) is 10.5. The first-order chi connectivity index (χ1) is 17.0. The van der Waals surface area contributed by atoms with Gasteiger partial charge in [0.15, 0.2) is 10.2 Å². The van der Waals surface area contributed by atoms with Crippen LogP contribution in [0.3, 0.4) is 0 Å². The van der Waals surface area contributed by atoms with Crippen LogP contribution in [0.15, 0.2) is 40.1 Å². The number of aliphatic hydroxyl groups excluding tert-OH is 1. The molecule has 9 nitrogen and oxygen atoms in total. The number of ether oxygens (including phenoxy) is 1. The van der Waals surface area contributed by atoms with Gasteiger partial charge in [-0.15, -0.1) is 11.3 Å². The Balaban J connectivity index is 1.43. The highest BCUT2D eigenvalue weighted by atomic mass is 32.2. The molecule has 1 aromatic carbocycles. The lowest BCUT2D eigenvalue weighted by molar-refractivity contribution is 0.122. The molecule has 3 heterocycles. The van der Waals surface area contributed by atoms with Gasteiger partial charge in [-0.3, -0.25) is 0 Å². The van der Waals surface area contributed by atoms with Gasteiger partial charge in [0.25, 0.3) is 0 Å². The fraction of sp³-hybridized carbons (Fsp3) is 0.417. The number of benzene rings is 1. The maximum atomic E-state index is 11.9. The Morgan fingerprint density at radius 2 is 1.97 bits per heavy atom. The van der Waals surface area contributed by atoms with Crippen LogP contribution in [0.4, 0.5) is 16.3 Å². The van der Waals surface area contributed by atoms with Crippen molar-refractivity contribution in [1.29, 1.82) is 0 Å². The largest absolute Gasteiger partial charge is 0.395 e. The molecule has 2 amide bonds. The van der Waals surface area contributed by atoms with Crippen molar-refractivity contribution in [2.75, 3.05) is 49.7 Å². The summed E-state index contributed by atoms with van der Waals surface area (Å²) in [5.41, 5.74) is 3.62. The van der Waals surface area contributed by atoms with Gasteiger partial charge in [-0.1, -0.05) is 11.8 Å². The smallest absolute Gasteiger partial charge is 0.319 e. The van der Waals surface area contributed by atoms with Crippen LogP contribution in [0.5, 0.6) is 0 Å². The predicted molar refractivity (Wildman–Crippen MR) is 138 cm³/mol. The number of carbonyl (C=O) groups is 1. The number of aromatic nitrogens is 3. The van der Waals surface area contributed by atoms with Crippen LogP contribution in [0.1, 0.15) is 24.2 Å². The van der Waals surface area contributed by atoms with Gasteiger partial charge < -0.3 is 25.4 Å². The molecule has 3 N–H and O–H groups in total. The number of aryl methyl sites for hydroxylation is 1. The fourth-order valence-corrected chi connectivity index (χ4v) is 6.24. The van der Waals surface area contributed by atoms with Gasteiger partial charge in [0, 0.05) is 48.0 Å².